The van der Waals surface area contributed by atoms with Gasteiger partial charge in [0.2, 0.25) is 0 Å². The zero-order chi connectivity index (χ0) is 20.5. The molecule has 0 bridgehead atoms. The van der Waals surface area contributed by atoms with E-state index in [4.69, 9.17) is 26.8 Å². The second-order valence-electron chi connectivity index (χ2n) is 6.35. The van der Waals surface area contributed by atoms with Crippen molar-refractivity contribution in [3.05, 3.63) is 94.5 Å². The maximum absolute atomic E-state index is 12.4. The van der Waals surface area contributed by atoms with E-state index in [1.165, 1.54) is 0 Å². The molecule has 0 aliphatic heterocycles. The molecule has 0 aromatic heterocycles. The van der Waals surface area contributed by atoms with E-state index < -0.39 is 0 Å². The zero-order valence-corrected chi connectivity index (χ0v) is 17.9. The van der Waals surface area contributed by atoms with Crippen molar-refractivity contribution in [3.8, 4) is 11.5 Å². The third kappa shape index (κ3) is 6.39. The smallest absolute Gasteiger partial charge is 0.252 e. The Bertz CT molecular complexity index is 938. The van der Waals surface area contributed by atoms with Crippen LogP contribution in [-0.2, 0) is 13.2 Å². The summed E-state index contributed by atoms with van der Waals surface area (Å²) in [6, 6.07) is 22.8. The van der Waals surface area contributed by atoms with E-state index in [0.717, 1.165) is 11.1 Å². The van der Waals surface area contributed by atoms with Gasteiger partial charge in [-0.25, -0.2) is 0 Å². The molecule has 0 saturated carbocycles. The first-order valence-electron chi connectivity index (χ1n) is 9.33. The van der Waals surface area contributed by atoms with Crippen molar-refractivity contribution in [1.29, 1.82) is 0 Å². The maximum Gasteiger partial charge on any atom is 0.252 e. The molecule has 0 radical (unpaired) electrons. The summed E-state index contributed by atoms with van der Waals surface area (Å²) in [6.45, 7) is 1.37. The number of carbonyl (C=O) groups excluding carboxylic acids is 1. The van der Waals surface area contributed by atoms with E-state index in [-0.39, 0.29) is 23.3 Å². The van der Waals surface area contributed by atoms with Crippen LogP contribution in [0.5, 0.6) is 11.5 Å². The first kappa shape index (κ1) is 23.5. The molecule has 158 valence electrons. The predicted octanol–water partition coefficient (Wildman–Crippen LogP) is 4.61. The summed E-state index contributed by atoms with van der Waals surface area (Å²) >= 11 is 6.54. The second-order valence-corrected chi connectivity index (χ2v) is 6.73. The lowest BCUT2D eigenvalue weighted by atomic mass is 10.1. The number of nitrogens with two attached hydrogens (primary N) is 1. The number of nitrogens with one attached hydrogen (secondary N) is 1. The molecule has 0 heterocycles. The van der Waals surface area contributed by atoms with Gasteiger partial charge in [0.05, 0.1) is 10.6 Å². The van der Waals surface area contributed by atoms with Crippen LogP contribution in [0, 0.1) is 0 Å². The minimum Gasteiger partial charge on any atom is -0.485 e. The first-order valence-corrected chi connectivity index (χ1v) is 9.71. The van der Waals surface area contributed by atoms with E-state index >= 15 is 0 Å². The minimum atomic E-state index is -0.306. The molecule has 3 rings (SSSR count). The third-order valence-corrected chi connectivity index (χ3v) is 4.57. The number of amides is 1. The second kappa shape index (κ2) is 12.1. The van der Waals surface area contributed by atoms with Crippen molar-refractivity contribution >= 4 is 29.9 Å². The molecule has 7 heteroatoms. The summed E-state index contributed by atoms with van der Waals surface area (Å²) in [7, 11) is 0. The lowest BCUT2D eigenvalue weighted by Gasteiger charge is -2.16. The Balaban J connectivity index is 0.00000320. The summed E-state index contributed by atoms with van der Waals surface area (Å²) in [5, 5.41) is 2.93. The van der Waals surface area contributed by atoms with Crippen molar-refractivity contribution in [1.82, 2.24) is 5.32 Å². The summed E-state index contributed by atoms with van der Waals surface area (Å²) in [6.07, 6.45) is 0. The number of hydrogen-bond donors (Lipinski definition) is 2. The molecule has 3 aromatic carbocycles. The van der Waals surface area contributed by atoms with Gasteiger partial charge in [-0.1, -0.05) is 72.3 Å². The van der Waals surface area contributed by atoms with E-state index in [0.29, 0.717) is 43.4 Å². The lowest BCUT2D eigenvalue weighted by Crippen LogP contribution is -2.29. The van der Waals surface area contributed by atoms with Crippen LogP contribution >= 0.6 is 24.0 Å². The molecule has 0 atom stereocenters. The van der Waals surface area contributed by atoms with Gasteiger partial charge in [0.1, 0.15) is 13.2 Å². The molecular formula is C23H24Cl2N2O3. The van der Waals surface area contributed by atoms with Gasteiger partial charge >= 0.3 is 0 Å². The molecule has 30 heavy (non-hydrogen) atoms. The fourth-order valence-corrected chi connectivity index (χ4v) is 3.00. The van der Waals surface area contributed by atoms with Gasteiger partial charge in [-0.05, 0) is 23.3 Å². The molecule has 0 saturated heterocycles. The SMILES string of the molecule is Cl.NCCNC(=O)c1ccc(OCc2ccccc2)c(OCc2ccccc2)c1Cl. The quantitative estimate of drug-likeness (QED) is 0.503. The highest BCUT2D eigenvalue weighted by molar-refractivity contribution is 6.35. The molecule has 3 N–H and O–H groups in total. The van der Waals surface area contributed by atoms with Crippen LogP contribution in [-0.4, -0.2) is 19.0 Å². The average Bonchev–Trinajstić information content (AvgIpc) is 2.76. The number of halogens is 2. The van der Waals surface area contributed by atoms with Crippen LogP contribution in [0.15, 0.2) is 72.8 Å². The van der Waals surface area contributed by atoms with Crippen molar-refractivity contribution in [2.45, 2.75) is 13.2 Å². The van der Waals surface area contributed by atoms with Gasteiger partial charge < -0.3 is 20.5 Å². The van der Waals surface area contributed by atoms with Crippen LogP contribution in [0.4, 0.5) is 0 Å². The molecule has 0 spiro atoms. The number of benzene rings is 3. The lowest BCUT2D eigenvalue weighted by molar-refractivity contribution is 0.0954. The van der Waals surface area contributed by atoms with Crippen molar-refractivity contribution in [2.75, 3.05) is 13.1 Å². The molecule has 5 nitrogen and oxygen atoms in total. The molecule has 0 fully saturated rings. The van der Waals surface area contributed by atoms with E-state index in [1.54, 1.807) is 12.1 Å². The Morgan fingerprint density at radius 1 is 0.867 bits per heavy atom. The van der Waals surface area contributed by atoms with Crippen molar-refractivity contribution in [2.24, 2.45) is 5.73 Å². The molecule has 1 amide bonds. The maximum atomic E-state index is 12.4. The summed E-state index contributed by atoms with van der Waals surface area (Å²) < 4.78 is 11.9. The van der Waals surface area contributed by atoms with E-state index in [2.05, 4.69) is 5.32 Å². The highest BCUT2D eigenvalue weighted by atomic mass is 35.5. The van der Waals surface area contributed by atoms with Crippen molar-refractivity contribution in [3.63, 3.8) is 0 Å². The van der Waals surface area contributed by atoms with Gasteiger partial charge in [-0.2, -0.15) is 0 Å². The van der Waals surface area contributed by atoms with Crippen LogP contribution in [0.25, 0.3) is 0 Å². The summed E-state index contributed by atoms with van der Waals surface area (Å²) in [4.78, 5) is 12.4. The van der Waals surface area contributed by atoms with Crippen molar-refractivity contribution < 1.29 is 14.3 Å². The Hall–Kier alpha value is -2.73. The summed E-state index contributed by atoms with van der Waals surface area (Å²) in [5.74, 6) is 0.511. The van der Waals surface area contributed by atoms with Gasteiger partial charge in [-0.3, -0.25) is 4.79 Å². The van der Waals surface area contributed by atoms with Gasteiger partial charge in [-0.15, -0.1) is 12.4 Å². The average molecular weight is 447 g/mol. The van der Waals surface area contributed by atoms with Gasteiger partial charge in [0.15, 0.2) is 11.5 Å². The largest absolute Gasteiger partial charge is 0.485 e. The predicted molar refractivity (Wildman–Crippen MR) is 122 cm³/mol. The number of rotatable bonds is 9. The fraction of sp³-hybridized carbons (Fsp3) is 0.174. The van der Waals surface area contributed by atoms with Crippen LogP contribution in [0.1, 0.15) is 21.5 Å². The highest BCUT2D eigenvalue weighted by Gasteiger charge is 2.19. The zero-order valence-electron chi connectivity index (χ0n) is 16.3. The molecule has 3 aromatic rings. The number of ether oxygens (including phenoxy) is 2. The topological polar surface area (TPSA) is 73.6 Å². The number of hydrogen-bond acceptors (Lipinski definition) is 4. The normalized spacial score (nSPS) is 10.1. The van der Waals surface area contributed by atoms with E-state index in [1.807, 2.05) is 60.7 Å². The fourth-order valence-electron chi connectivity index (χ4n) is 2.71. The Morgan fingerprint density at radius 3 is 2.00 bits per heavy atom. The first-order chi connectivity index (χ1) is 14.2. The number of carbonyl (C=O) groups is 1. The Kier molecular flexibility index (Phi) is 9.48. The van der Waals surface area contributed by atoms with Gasteiger partial charge in [0, 0.05) is 13.1 Å². The monoisotopic (exact) mass is 446 g/mol. The molecule has 0 unspecified atom stereocenters. The Labute approximate surface area is 187 Å². The standard InChI is InChI=1S/C23H23ClN2O3.ClH/c24-21-19(23(27)26-14-13-25)11-12-20(28-15-17-7-3-1-4-8-17)22(21)29-16-18-9-5-2-6-10-18;/h1-12H,13-16,25H2,(H,26,27);1H. The van der Waals surface area contributed by atoms with Crippen LogP contribution in [0.3, 0.4) is 0 Å². The third-order valence-electron chi connectivity index (χ3n) is 4.20. The van der Waals surface area contributed by atoms with Gasteiger partial charge in [0.25, 0.3) is 5.91 Å². The molecular weight excluding hydrogens is 423 g/mol. The highest BCUT2D eigenvalue weighted by Crippen LogP contribution is 2.38. The molecule has 0 aliphatic carbocycles. The summed E-state index contributed by atoms with van der Waals surface area (Å²) in [5.41, 5.74) is 7.77. The minimum absolute atomic E-state index is 0. The Morgan fingerprint density at radius 2 is 1.43 bits per heavy atom. The van der Waals surface area contributed by atoms with Crippen LogP contribution in [0.2, 0.25) is 5.02 Å². The van der Waals surface area contributed by atoms with E-state index in [9.17, 15) is 4.79 Å². The van der Waals surface area contributed by atoms with Crippen LogP contribution < -0.4 is 20.5 Å². The molecule has 0 aliphatic rings.